The molecule has 25 heavy (non-hydrogen) atoms. The number of nitrogens with zero attached hydrogens (tertiary/aromatic N) is 2. The molecular formula is C19H20N3O3. The number of rotatable bonds is 8. The highest BCUT2D eigenvalue weighted by atomic mass is 16.5. The second-order valence-corrected chi connectivity index (χ2v) is 5.60. The van der Waals surface area contributed by atoms with Crippen molar-refractivity contribution in [3.63, 3.8) is 0 Å². The zero-order chi connectivity index (χ0) is 17.6. The van der Waals surface area contributed by atoms with Crippen molar-refractivity contribution in [2.24, 2.45) is 5.73 Å². The summed E-state index contributed by atoms with van der Waals surface area (Å²) in [6, 6.07) is 7.05. The van der Waals surface area contributed by atoms with Gasteiger partial charge in [-0.2, -0.15) is 0 Å². The normalized spacial score (nSPS) is 11.1. The van der Waals surface area contributed by atoms with Crippen LogP contribution >= 0.6 is 0 Å². The van der Waals surface area contributed by atoms with Gasteiger partial charge < -0.3 is 15.2 Å². The van der Waals surface area contributed by atoms with Crippen molar-refractivity contribution in [3.05, 3.63) is 49.1 Å². The zero-order valence-electron chi connectivity index (χ0n) is 13.9. The summed E-state index contributed by atoms with van der Waals surface area (Å²) in [5, 5.41) is 2.68. The highest BCUT2D eigenvalue weighted by Crippen LogP contribution is 2.30. The largest absolute Gasteiger partial charge is 0.475 e. The van der Waals surface area contributed by atoms with E-state index in [9.17, 15) is 4.79 Å². The van der Waals surface area contributed by atoms with E-state index in [0.717, 1.165) is 29.0 Å². The second kappa shape index (κ2) is 7.90. The smallest absolute Gasteiger partial charge is 0.248 e. The third kappa shape index (κ3) is 3.85. The number of carbonyl (C=O) groups excluding carboxylic acids is 1. The number of nitrogens with two attached hydrogens (primary N) is 1. The van der Waals surface area contributed by atoms with Gasteiger partial charge in [0.15, 0.2) is 0 Å². The number of benzene rings is 1. The molecule has 6 nitrogen and oxygen atoms in total. The van der Waals surface area contributed by atoms with E-state index in [4.69, 9.17) is 15.2 Å². The molecule has 0 unspecified atom stereocenters. The standard InChI is InChI=1S/C19H20N3O3/c1-2-3-8-24-9-10-25-19-15-6-7-21-12-16(15)14-5-4-13(18(20)23)11-17(14)22-19/h4-7,11-12H,1-3,8-10H2,(H2,20,23). The van der Waals surface area contributed by atoms with Crippen molar-refractivity contribution in [3.8, 4) is 5.88 Å². The van der Waals surface area contributed by atoms with Gasteiger partial charge in [-0.05, 0) is 24.6 Å². The van der Waals surface area contributed by atoms with Gasteiger partial charge in [0.2, 0.25) is 11.8 Å². The van der Waals surface area contributed by atoms with Crippen molar-refractivity contribution >= 4 is 27.6 Å². The molecule has 3 aromatic rings. The minimum atomic E-state index is -0.490. The Hall–Kier alpha value is -2.73. The molecule has 0 aliphatic carbocycles. The predicted octanol–water partition coefficient (Wildman–Crippen LogP) is 2.89. The van der Waals surface area contributed by atoms with E-state index in [0.29, 0.717) is 36.8 Å². The highest BCUT2D eigenvalue weighted by molar-refractivity contribution is 6.09. The molecule has 0 spiro atoms. The highest BCUT2D eigenvalue weighted by Gasteiger charge is 2.11. The summed E-state index contributed by atoms with van der Waals surface area (Å²) < 4.78 is 11.3. The maximum atomic E-state index is 11.4. The van der Waals surface area contributed by atoms with Crippen LogP contribution in [0.25, 0.3) is 21.7 Å². The Morgan fingerprint density at radius 3 is 2.80 bits per heavy atom. The lowest BCUT2D eigenvalue weighted by atomic mass is 10.1. The van der Waals surface area contributed by atoms with Crippen LogP contribution < -0.4 is 10.5 Å². The first-order valence-corrected chi connectivity index (χ1v) is 8.18. The van der Waals surface area contributed by atoms with Crippen molar-refractivity contribution in [1.82, 2.24) is 9.97 Å². The maximum Gasteiger partial charge on any atom is 0.248 e. The fraction of sp³-hybridized carbons (Fsp3) is 0.263. The van der Waals surface area contributed by atoms with Crippen molar-refractivity contribution in [2.45, 2.75) is 12.8 Å². The predicted molar refractivity (Wildman–Crippen MR) is 96.5 cm³/mol. The molecule has 6 heteroatoms. The molecule has 1 aromatic carbocycles. The molecule has 0 saturated heterocycles. The van der Waals surface area contributed by atoms with Crippen LogP contribution in [0.3, 0.4) is 0 Å². The Morgan fingerprint density at radius 1 is 1.12 bits per heavy atom. The summed E-state index contributed by atoms with van der Waals surface area (Å²) in [7, 11) is 0. The number of pyridine rings is 2. The molecule has 0 bridgehead atoms. The van der Waals surface area contributed by atoms with Crippen LogP contribution in [0, 0.1) is 6.92 Å². The number of primary amides is 1. The number of aromatic nitrogens is 2. The number of amides is 1. The Kier molecular flexibility index (Phi) is 5.40. The lowest BCUT2D eigenvalue weighted by Gasteiger charge is -2.11. The topological polar surface area (TPSA) is 87.3 Å². The van der Waals surface area contributed by atoms with Gasteiger partial charge in [0, 0.05) is 40.7 Å². The summed E-state index contributed by atoms with van der Waals surface area (Å²) in [5.41, 5.74) is 6.41. The summed E-state index contributed by atoms with van der Waals surface area (Å²) >= 11 is 0. The fourth-order valence-corrected chi connectivity index (χ4v) is 2.58. The number of ether oxygens (including phenoxy) is 2. The minimum absolute atomic E-state index is 0.391. The first-order valence-electron chi connectivity index (χ1n) is 8.18. The maximum absolute atomic E-state index is 11.4. The molecular weight excluding hydrogens is 318 g/mol. The molecule has 3 rings (SSSR count). The second-order valence-electron chi connectivity index (χ2n) is 5.60. The van der Waals surface area contributed by atoms with Crippen molar-refractivity contribution in [2.75, 3.05) is 19.8 Å². The number of hydrogen-bond acceptors (Lipinski definition) is 5. The number of fused-ring (bicyclic) bond motifs is 3. The van der Waals surface area contributed by atoms with Crippen LogP contribution in [-0.4, -0.2) is 35.7 Å². The van der Waals surface area contributed by atoms with Crippen LogP contribution in [0.4, 0.5) is 0 Å². The van der Waals surface area contributed by atoms with Gasteiger partial charge in [-0.25, -0.2) is 4.98 Å². The van der Waals surface area contributed by atoms with Gasteiger partial charge in [0.25, 0.3) is 0 Å². The van der Waals surface area contributed by atoms with Crippen LogP contribution in [-0.2, 0) is 4.74 Å². The van der Waals surface area contributed by atoms with Crippen molar-refractivity contribution in [1.29, 1.82) is 0 Å². The lowest BCUT2D eigenvalue weighted by Crippen LogP contribution is -2.11. The van der Waals surface area contributed by atoms with E-state index in [1.807, 2.05) is 12.1 Å². The van der Waals surface area contributed by atoms with Gasteiger partial charge in [-0.3, -0.25) is 9.78 Å². The molecule has 0 atom stereocenters. The van der Waals surface area contributed by atoms with Gasteiger partial charge in [-0.15, -0.1) is 0 Å². The first-order chi connectivity index (χ1) is 12.2. The van der Waals surface area contributed by atoms with Crippen molar-refractivity contribution < 1.29 is 14.3 Å². The van der Waals surface area contributed by atoms with Gasteiger partial charge in [0.1, 0.15) is 6.61 Å². The third-order valence-corrected chi connectivity index (χ3v) is 3.85. The van der Waals surface area contributed by atoms with E-state index in [1.54, 1.807) is 24.5 Å². The molecule has 2 heterocycles. The summed E-state index contributed by atoms with van der Waals surface area (Å²) in [6.45, 7) is 5.32. The van der Waals surface area contributed by atoms with E-state index >= 15 is 0 Å². The SMILES string of the molecule is [CH2]CCCOCCOc1nc2cc(C(N)=O)ccc2c2cnccc12. The Morgan fingerprint density at radius 2 is 2.00 bits per heavy atom. The van der Waals surface area contributed by atoms with Crippen LogP contribution in [0.2, 0.25) is 0 Å². The monoisotopic (exact) mass is 338 g/mol. The minimum Gasteiger partial charge on any atom is -0.475 e. The molecule has 1 amide bonds. The Balaban J connectivity index is 1.91. The third-order valence-electron chi connectivity index (χ3n) is 3.85. The average molecular weight is 338 g/mol. The fourth-order valence-electron chi connectivity index (χ4n) is 2.58. The number of carbonyl (C=O) groups is 1. The quantitative estimate of drug-likeness (QED) is 0.504. The van der Waals surface area contributed by atoms with E-state index in [1.165, 1.54) is 0 Å². The van der Waals surface area contributed by atoms with Crippen LogP contribution in [0.5, 0.6) is 5.88 Å². The summed E-state index contributed by atoms with van der Waals surface area (Å²) in [4.78, 5) is 20.2. The van der Waals surface area contributed by atoms with Gasteiger partial charge in [0.05, 0.1) is 12.1 Å². The molecule has 1 radical (unpaired) electrons. The van der Waals surface area contributed by atoms with Gasteiger partial charge in [-0.1, -0.05) is 19.4 Å². The number of hydrogen-bond donors (Lipinski definition) is 1. The summed E-state index contributed by atoms with van der Waals surface area (Å²) in [5.74, 6) is 0.00328. The summed E-state index contributed by atoms with van der Waals surface area (Å²) in [6.07, 6.45) is 5.25. The average Bonchev–Trinajstić information content (AvgIpc) is 2.64. The van der Waals surface area contributed by atoms with E-state index in [-0.39, 0.29) is 0 Å². The Labute approximate surface area is 146 Å². The van der Waals surface area contributed by atoms with E-state index < -0.39 is 5.91 Å². The van der Waals surface area contributed by atoms with E-state index in [2.05, 4.69) is 16.9 Å². The molecule has 0 fully saturated rings. The molecule has 0 saturated carbocycles. The molecule has 129 valence electrons. The van der Waals surface area contributed by atoms with Gasteiger partial charge >= 0.3 is 0 Å². The molecule has 2 N–H and O–H groups in total. The number of unbranched alkanes of at least 4 members (excludes halogenated alkanes) is 1. The Bertz CT molecular complexity index is 896. The lowest BCUT2D eigenvalue weighted by molar-refractivity contribution is 0.0979. The van der Waals surface area contributed by atoms with Crippen LogP contribution in [0.1, 0.15) is 23.2 Å². The molecule has 2 aromatic heterocycles. The molecule has 0 aliphatic heterocycles. The molecule has 0 aliphatic rings. The zero-order valence-corrected chi connectivity index (χ0v) is 13.9. The first kappa shape index (κ1) is 17.1. The van der Waals surface area contributed by atoms with Crippen LogP contribution in [0.15, 0.2) is 36.7 Å².